The molecule has 0 aliphatic heterocycles. The molecule has 0 spiro atoms. The number of primary sulfonamides is 1. The average molecular weight is 273 g/mol. The molecule has 0 aromatic carbocycles. The van der Waals surface area contributed by atoms with Crippen molar-refractivity contribution in [2.24, 2.45) is 12.2 Å². The van der Waals surface area contributed by atoms with Crippen LogP contribution in [0.2, 0.25) is 0 Å². The van der Waals surface area contributed by atoms with Crippen molar-refractivity contribution < 1.29 is 13.2 Å². The number of hydrogen-bond acceptors (Lipinski definition) is 3. The first-order valence-electron chi connectivity index (χ1n) is 5.79. The molecule has 1 amide bonds. The van der Waals surface area contributed by atoms with Gasteiger partial charge in [-0.15, -0.1) is 0 Å². The predicted molar refractivity (Wildman–Crippen MR) is 68.6 cm³/mol. The normalized spacial score (nSPS) is 11.8. The number of nitrogens with zero attached hydrogens (tertiary/aromatic N) is 1. The molecule has 1 aromatic rings. The minimum atomic E-state index is -3.78. The van der Waals surface area contributed by atoms with Gasteiger partial charge in [-0.1, -0.05) is 13.8 Å². The van der Waals surface area contributed by atoms with E-state index in [1.165, 1.54) is 16.8 Å². The summed E-state index contributed by atoms with van der Waals surface area (Å²) in [5.74, 6) is -0.291. The van der Waals surface area contributed by atoms with Crippen molar-refractivity contribution in [3.05, 3.63) is 18.0 Å². The van der Waals surface area contributed by atoms with E-state index >= 15 is 0 Å². The fourth-order valence-electron chi connectivity index (χ4n) is 1.67. The van der Waals surface area contributed by atoms with Crippen molar-refractivity contribution in [2.45, 2.75) is 37.6 Å². The molecule has 0 saturated carbocycles. The van der Waals surface area contributed by atoms with Gasteiger partial charge in [0, 0.05) is 19.3 Å². The first kappa shape index (κ1) is 14.7. The van der Waals surface area contributed by atoms with Crippen molar-refractivity contribution in [1.29, 1.82) is 0 Å². The lowest BCUT2D eigenvalue weighted by Gasteiger charge is -2.14. The third kappa shape index (κ3) is 3.33. The molecule has 3 N–H and O–H groups in total. The molecule has 0 unspecified atom stereocenters. The van der Waals surface area contributed by atoms with E-state index in [0.29, 0.717) is 0 Å². The molecule has 102 valence electrons. The third-order valence-electron chi connectivity index (χ3n) is 2.86. The Bertz CT molecular complexity index is 530. The number of hydrogen-bond donors (Lipinski definition) is 2. The highest BCUT2D eigenvalue weighted by Gasteiger charge is 2.18. The maximum Gasteiger partial charge on any atom is 0.268 e. The summed E-state index contributed by atoms with van der Waals surface area (Å²) in [6, 6.07) is 1.37. The van der Waals surface area contributed by atoms with E-state index in [0.717, 1.165) is 12.8 Å². The number of sulfonamides is 1. The Morgan fingerprint density at radius 2 is 2.00 bits per heavy atom. The van der Waals surface area contributed by atoms with Gasteiger partial charge in [0.25, 0.3) is 5.91 Å². The zero-order valence-corrected chi connectivity index (χ0v) is 11.6. The summed E-state index contributed by atoms with van der Waals surface area (Å²) < 4.78 is 23.8. The van der Waals surface area contributed by atoms with Gasteiger partial charge >= 0.3 is 0 Å². The smallest absolute Gasteiger partial charge is 0.268 e. The Labute approximate surface area is 107 Å². The van der Waals surface area contributed by atoms with Crippen LogP contribution in [0.25, 0.3) is 0 Å². The Balaban J connectivity index is 2.97. The van der Waals surface area contributed by atoms with Gasteiger partial charge in [0.1, 0.15) is 10.6 Å². The molecule has 0 aliphatic carbocycles. The van der Waals surface area contributed by atoms with Crippen molar-refractivity contribution in [1.82, 2.24) is 9.88 Å². The molecule has 1 rings (SSSR count). The second-order valence-electron chi connectivity index (χ2n) is 4.20. The molecular formula is C11H19N3O3S. The lowest BCUT2D eigenvalue weighted by Crippen LogP contribution is -2.34. The van der Waals surface area contributed by atoms with Crippen LogP contribution in [-0.2, 0) is 17.1 Å². The van der Waals surface area contributed by atoms with Gasteiger partial charge in [-0.05, 0) is 18.9 Å². The topological polar surface area (TPSA) is 94.2 Å². The van der Waals surface area contributed by atoms with Crippen LogP contribution in [0, 0.1) is 0 Å². The molecule has 7 heteroatoms. The summed E-state index contributed by atoms with van der Waals surface area (Å²) in [6.07, 6.45) is 2.99. The van der Waals surface area contributed by atoms with Crippen molar-refractivity contribution in [3.63, 3.8) is 0 Å². The number of amides is 1. The number of nitrogens with one attached hydrogen (secondary N) is 1. The summed E-state index contributed by atoms with van der Waals surface area (Å²) >= 11 is 0. The third-order valence-corrected chi connectivity index (χ3v) is 3.74. The van der Waals surface area contributed by atoms with Crippen LogP contribution in [0.4, 0.5) is 0 Å². The highest BCUT2D eigenvalue weighted by molar-refractivity contribution is 7.89. The van der Waals surface area contributed by atoms with Crippen LogP contribution >= 0.6 is 0 Å². The fourth-order valence-corrected chi connectivity index (χ4v) is 2.25. The highest BCUT2D eigenvalue weighted by Crippen LogP contribution is 2.12. The number of nitrogens with two attached hydrogens (primary N) is 1. The lowest BCUT2D eigenvalue weighted by atomic mass is 10.1. The second kappa shape index (κ2) is 5.53. The van der Waals surface area contributed by atoms with Crippen LogP contribution in [0.1, 0.15) is 37.2 Å². The van der Waals surface area contributed by atoms with E-state index in [9.17, 15) is 13.2 Å². The quantitative estimate of drug-likeness (QED) is 0.822. The minimum absolute atomic E-state index is 0.0558. The van der Waals surface area contributed by atoms with Gasteiger partial charge in [0.15, 0.2) is 0 Å². The molecule has 0 aliphatic rings. The summed E-state index contributed by atoms with van der Waals surface area (Å²) in [5.41, 5.74) is 0.283. The van der Waals surface area contributed by atoms with Gasteiger partial charge in [-0.2, -0.15) is 0 Å². The number of aryl methyl sites for hydroxylation is 1. The SMILES string of the molecule is CCC(CC)NC(=O)c1cc(S(N)(=O)=O)cn1C. The van der Waals surface area contributed by atoms with Crippen LogP contribution in [0.5, 0.6) is 0 Å². The van der Waals surface area contributed by atoms with Crippen LogP contribution in [-0.4, -0.2) is 24.9 Å². The Kier molecular flexibility index (Phi) is 4.53. The average Bonchev–Trinajstić information content (AvgIpc) is 2.67. The number of carbonyl (C=O) groups is 1. The largest absolute Gasteiger partial charge is 0.348 e. The summed E-state index contributed by atoms with van der Waals surface area (Å²) in [7, 11) is -2.17. The number of carbonyl (C=O) groups excluding carboxylic acids is 1. The van der Waals surface area contributed by atoms with Gasteiger partial charge in [0.2, 0.25) is 10.0 Å². The molecule has 0 saturated heterocycles. The Morgan fingerprint density at radius 3 is 2.39 bits per heavy atom. The van der Waals surface area contributed by atoms with Gasteiger partial charge in [-0.3, -0.25) is 4.79 Å². The van der Waals surface area contributed by atoms with Crippen molar-refractivity contribution in [3.8, 4) is 0 Å². The predicted octanol–water partition coefficient (Wildman–Crippen LogP) is 0.591. The van der Waals surface area contributed by atoms with E-state index in [-0.39, 0.29) is 22.5 Å². The first-order chi connectivity index (χ1) is 8.29. The molecule has 0 radical (unpaired) electrons. The van der Waals surface area contributed by atoms with Crippen molar-refractivity contribution in [2.75, 3.05) is 0 Å². The van der Waals surface area contributed by atoms with Gasteiger partial charge in [-0.25, -0.2) is 13.6 Å². The van der Waals surface area contributed by atoms with Crippen LogP contribution in [0.15, 0.2) is 17.2 Å². The Morgan fingerprint density at radius 1 is 1.44 bits per heavy atom. The minimum Gasteiger partial charge on any atom is -0.348 e. The molecule has 0 atom stereocenters. The monoisotopic (exact) mass is 273 g/mol. The van der Waals surface area contributed by atoms with E-state index in [1.54, 1.807) is 7.05 Å². The van der Waals surface area contributed by atoms with E-state index in [4.69, 9.17) is 5.14 Å². The standard InChI is InChI=1S/C11H19N3O3S/c1-4-8(5-2)13-11(15)10-6-9(7-14(10)3)18(12,16)17/h6-8H,4-5H2,1-3H3,(H,13,15)(H2,12,16,17). The lowest BCUT2D eigenvalue weighted by molar-refractivity contribution is 0.0926. The summed E-state index contributed by atoms with van der Waals surface area (Å²) in [6.45, 7) is 3.96. The van der Waals surface area contributed by atoms with Crippen LogP contribution < -0.4 is 10.5 Å². The molecule has 18 heavy (non-hydrogen) atoms. The molecular weight excluding hydrogens is 254 g/mol. The maximum atomic E-state index is 12.0. The molecule has 0 fully saturated rings. The van der Waals surface area contributed by atoms with Crippen molar-refractivity contribution >= 4 is 15.9 Å². The summed E-state index contributed by atoms with van der Waals surface area (Å²) in [5, 5.41) is 7.86. The van der Waals surface area contributed by atoms with E-state index in [2.05, 4.69) is 5.32 Å². The van der Waals surface area contributed by atoms with E-state index in [1.807, 2.05) is 13.8 Å². The maximum absolute atomic E-state index is 12.0. The highest BCUT2D eigenvalue weighted by atomic mass is 32.2. The molecule has 1 heterocycles. The number of aromatic nitrogens is 1. The van der Waals surface area contributed by atoms with Crippen LogP contribution in [0.3, 0.4) is 0 Å². The van der Waals surface area contributed by atoms with Gasteiger partial charge in [0.05, 0.1) is 0 Å². The van der Waals surface area contributed by atoms with E-state index < -0.39 is 10.0 Å². The molecule has 1 aromatic heterocycles. The zero-order chi connectivity index (χ0) is 13.9. The summed E-state index contributed by atoms with van der Waals surface area (Å²) in [4.78, 5) is 11.9. The first-order valence-corrected chi connectivity index (χ1v) is 7.34. The Hall–Kier alpha value is -1.34. The van der Waals surface area contributed by atoms with Gasteiger partial charge < -0.3 is 9.88 Å². The number of rotatable bonds is 5. The molecule has 0 bridgehead atoms. The molecule has 6 nitrogen and oxygen atoms in total. The fraction of sp³-hybridized carbons (Fsp3) is 0.545. The second-order valence-corrected chi connectivity index (χ2v) is 5.77. The zero-order valence-electron chi connectivity index (χ0n) is 10.8.